The predicted molar refractivity (Wildman–Crippen MR) is 70.3 cm³/mol. The molecule has 1 aromatic carbocycles. The summed E-state index contributed by atoms with van der Waals surface area (Å²) >= 11 is 4.21. The van der Waals surface area contributed by atoms with E-state index in [-0.39, 0.29) is 17.6 Å². The van der Waals surface area contributed by atoms with E-state index < -0.39 is 0 Å². The molecule has 92 valence electrons. The van der Waals surface area contributed by atoms with Gasteiger partial charge in [-0.1, -0.05) is 0 Å². The maximum atomic E-state index is 13.3. The van der Waals surface area contributed by atoms with Crippen LogP contribution in [-0.4, -0.2) is 25.3 Å². The fourth-order valence-corrected chi connectivity index (χ4v) is 2.32. The van der Waals surface area contributed by atoms with Gasteiger partial charge < -0.3 is 10.2 Å². The Bertz CT molecular complexity index is 439. The second kappa shape index (κ2) is 4.96. The van der Waals surface area contributed by atoms with E-state index in [9.17, 15) is 9.18 Å². The molecule has 1 fully saturated rings. The van der Waals surface area contributed by atoms with Crippen LogP contribution in [0.1, 0.15) is 6.42 Å². The number of hydrogen-bond donors (Lipinski definition) is 2. The van der Waals surface area contributed by atoms with E-state index in [1.165, 1.54) is 12.1 Å². The quantitative estimate of drug-likeness (QED) is 0.810. The highest BCUT2D eigenvalue weighted by Gasteiger charge is 2.31. The van der Waals surface area contributed by atoms with Crippen molar-refractivity contribution in [3.05, 3.63) is 24.0 Å². The Morgan fingerprint density at radius 1 is 1.59 bits per heavy atom. The van der Waals surface area contributed by atoms with Crippen LogP contribution in [0.2, 0.25) is 0 Å². The van der Waals surface area contributed by atoms with Crippen LogP contribution in [0, 0.1) is 11.7 Å². The van der Waals surface area contributed by atoms with Crippen LogP contribution in [0.3, 0.4) is 0 Å². The molecule has 0 bridgehead atoms. The van der Waals surface area contributed by atoms with Crippen molar-refractivity contribution in [3.63, 3.8) is 0 Å². The number of carbonyl (C=O) groups excluding carboxylic acids is 1. The highest BCUT2D eigenvalue weighted by Crippen LogP contribution is 2.32. The van der Waals surface area contributed by atoms with Crippen molar-refractivity contribution < 1.29 is 9.18 Å². The third-order valence-corrected chi connectivity index (χ3v) is 3.50. The first-order valence-corrected chi connectivity index (χ1v) is 6.17. The molecule has 1 aliphatic heterocycles. The molecule has 1 unspecified atom stereocenters. The van der Waals surface area contributed by atoms with Crippen molar-refractivity contribution in [1.82, 2.24) is 0 Å². The van der Waals surface area contributed by atoms with Crippen molar-refractivity contribution in [1.29, 1.82) is 0 Å². The van der Waals surface area contributed by atoms with E-state index in [1.807, 2.05) is 0 Å². The number of thiol groups is 1. The van der Waals surface area contributed by atoms with Gasteiger partial charge in [0, 0.05) is 20.0 Å². The van der Waals surface area contributed by atoms with Crippen LogP contribution in [0.5, 0.6) is 0 Å². The molecule has 17 heavy (non-hydrogen) atoms. The van der Waals surface area contributed by atoms with Crippen molar-refractivity contribution in [3.8, 4) is 0 Å². The number of anilines is 2. The third-order valence-electron chi connectivity index (χ3n) is 2.98. The number of nitrogens with zero attached hydrogens (tertiary/aromatic N) is 1. The minimum atomic E-state index is -0.332. The SMILES string of the molecule is CNc1ccc(F)cc1N1CC(CS)CC1=O. The molecule has 0 saturated carbocycles. The fourth-order valence-electron chi connectivity index (χ4n) is 2.08. The number of halogens is 1. The molecule has 1 saturated heterocycles. The summed E-state index contributed by atoms with van der Waals surface area (Å²) in [4.78, 5) is 13.5. The van der Waals surface area contributed by atoms with Gasteiger partial charge in [0.2, 0.25) is 5.91 Å². The maximum Gasteiger partial charge on any atom is 0.227 e. The summed E-state index contributed by atoms with van der Waals surface area (Å²) in [5.41, 5.74) is 1.38. The Hall–Kier alpha value is -1.23. The monoisotopic (exact) mass is 254 g/mol. The number of carbonyl (C=O) groups is 1. The molecule has 0 radical (unpaired) electrons. The van der Waals surface area contributed by atoms with Gasteiger partial charge in [0.15, 0.2) is 0 Å². The van der Waals surface area contributed by atoms with Gasteiger partial charge in [-0.2, -0.15) is 12.6 Å². The van der Waals surface area contributed by atoms with Gasteiger partial charge in [-0.3, -0.25) is 4.79 Å². The molecule has 1 atom stereocenters. The van der Waals surface area contributed by atoms with Gasteiger partial charge in [-0.05, 0) is 29.9 Å². The molecule has 1 aliphatic rings. The van der Waals surface area contributed by atoms with E-state index in [2.05, 4.69) is 17.9 Å². The van der Waals surface area contributed by atoms with Gasteiger partial charge in [-0.15, -0.1) is 0 Å². The lowest BCUT2D eigenvalue weighted by atomic mass is 10.1. The molecular formula is C12H15FN2OS. The third kappa shape index (κ3) is 2.39. The van der Waals surface area contributed by atoms with Crippen LogP contribution in [0.15, 0.2) is 18.2 Å². The van der Waals surface area contributed by atoms with E-state index in [0.717, 1.165) is 5.69 Å². The zero-order valence-electron chi connectivity index (χ0n) is 9.61. The largest absolute Gasteiger partial charge is 0.386 e. The van der Waals surface area contributed by atoms with Crippen LogP contribution in [0.25, 0.3) is 0 Å². The average molecular weight is 254 g/mol. The summed E-state index contributed by atoms with van der Waals surface area (Å²) in [5, 5.41) is 2.97. The van der Waals surface area contributed by atoms with Crippen molar-refractivity contribution in [2.75, 3.05) is 29.6 Å². The molecule has 2 rings (SSSR count). The molecule has 0 aliphatic carbocycles. The normalized spacial score (nSPS) is 19.8. The Balaban J connectivity index is 2.33. The summed E-state index contributed by atoms with van der Waals surface area (Å²) in [6.07, 6.45) is 0.489. The zero-order chi connectivity index (χ0) is 12.4. The minimum absolute atomic E-state index is 0.0335. The minimum Gasteiger partial charge on any atom is -0.386 e. The molecule has 0 aromatic heterocycles. The molecule has 1 amide bonds. The van der Waals surface area contributed by atoms with E-state index in [0.29, 0.717) is 24.4 Å². The molecular weight excluding hydrogens is 239 g/mol. The van der Waals surface area contributed by atoms with E-state index in [4.69, 9.17) is 0 Å². The maximum absolute atomic E-state index is 13.3. The standard InChI is InChI=1S/C12H15FN2OS/c1-14-10-3-2-9(13)5-11(10)15-6-8(7-17)4-12(15)16/h2-3,5,8,14,17H,4,6-7H2,1H3. The summed E-state index contributed by atoms with van der Waals surface area (Å²) in [7, 11) is 1.76. The van der Waals surface area contributed by atoms with Gasteiger partial charge >= 0.3 is 0 Å². The second-order valence-corrected chi connectivity index (χ2v) is 4.53. The number of nitrogens with one attached hydrogen (secondary N) is 1. The highest BCUT2D eigenvalue weighted by atomic mass is 32.1. The zero-order valence-corrected chi connectivity index (χ0v) is 10.5. The number of amides is 1. The summed E-state index contributed by atoms with van der Waals surface area (Å²) in [5.74, 6) is 0.623. The number of benzene rings is 1. The highest BCUT2D eigenvalue weighted by molar-refractivity contribution is 7.80. The van der Waals surface area contributed by atoms with Gasteiger partial charge in [0.1, 0.15) is 5.82 Å². The Morgan fingerprint density at radius 2 is 2.35 bits per heavy atom. The molecule has 3 nitrogen and oxygen atoms in total. The fraction of sp³-hybridized carbons (Fsp3) is 0.417. The topological polar surface area (TPSA) is 32.3 Å². The van der Waals surface area contributed by atoms with E-state index in [1.54, 1.807) is 18.0 Å². The first-order valence-electron chi connectivity index (χ1n) is 5.54. The van der Waals surface area contributed by atoms with Gasteiger partial charge in [-0.25, -0.2) is 4.39 Å². The lowest BCUT2D eigenvalue weighted by molar-refractivity contribution is -0.117. The molecule has 1 N–H and O–H groups in total. The molecule has 5 heteroatoms. The van der Waals surface area contributed by atoms with Gasteiger partial charge in [0.25, 0.3) is 0 Å². The Labute approximate surface area is 105 Å². The summed E-state index contributed by atoms with van der Waals surface area (Å²) in [6.45, 7) is 0.612. The van der Waals surface area contributed by atoms with Crippen LogP contribution < -0.4 is 10.2 Å². The number of rotatable bonds is 3. The van der Waals surface area contributed by atoms with Crippen molar-refractivity contribution >= 4 is 29.9 Å². The summed E-state index contributed by atoms with van der Waals surface area (Å²) < 4.78 is 13.3. The smallest absolute Gasteiger partial charge is 0.227 e. The predicted octanol–water partition coefficient (Wildman–Crippen LogP) is 2.15. The van der Waals surface area contributed by atoms with Crippen LogP contribution in [-0.2, 0) is 4.79 Å². The lowest BCUT2D eigenvalue weighted by Crippen LogP contribution is -2.25. The Morgan fingerprint density at radius 3 is 2.94 bits per heavy atom. The van der Waals surface area contributed by atoms with Crippen molar-refractivity contribution in [2.45, 2.75) is 6.42 Å². The average Bonchev–Trinajstić information content (AvgIpc) is 2.70. The number of hydrogen-bond acceptors (Lipinski definition) is 3. The van der Waals surface area contributed by atoms with E-state index >= 15 is 0 Å². The molecule has 1 aromatic rings. The van der Waals surface area contributed by atoms with Crippen LogP contribution >= 0.6 is 12.6 Å². The van der Waals surface area contributed by atoms with Gasteiger partial charge in [0.05, 0.1) is 11.4 Å². The first-order chi connectivity index (χ1) is 8.15. The van der Waals surface area contributed by atoms with Crippen LogP contribution in [0.4, 0.5) is 15.8 Å². The second-order valence-electron chi connectivity index (χ2n) is 4.17. The summed E-state index contributed by atoms with van der Waals surface area (Å²) in [6, 6.07) is 4.42. The molecule has 0 spiro atoms. The van der Waals surface area contributed by atoms with Crippen molar-refractivity contribution in [2.24, 2.45) is 5.92 Å². The molecule has 1 heterocycles. The first kappa shape index (κ1) is 12.2. The lowest BCUT2D eigenvalue weighted by Gasteiger charge is -2.20. The Kier molecular flexibility index (Phi) is 3.57.